The van der Waals surface area contributed by atoms with Crippen LogP contribution < -0.4 is 0 Å². The van der Waals surface area contributed by atoms with Gasteiger partial charge in [0.2, 0.25) is 0 Å². The van der Waals surface area contributed by atoms with Crippen LogP contribution in [0.5, 0.6) is 0 Å². The molecule has 1 fully saturated rings. The van der Waals surface area contributed by atoms with Gasteiger partial charge in [0.1, 0.15) is 0 Å². The van der Waals surface area contributed by atoms with Gasteiger partial charge in [-0.1, -0.05) is 84.4 Å². The van der Waals surface area contributed by atoms with Gasteiger partial charge in [0.25, 0.3) is 0 Å². The van der Waals surface area contributed by atoms with E-state index in [1.165, 1.54) is 36.0 Å². The van der Waals surface area contributed by atoms with Crippen molar-refractivity contribution in [1.82, 2.24) is 0 Å². The first kappa shape index (κ1) is 16.8. The zero-order chi connectivity index (χ0) is 16.4. The minimum absolute atomic E-state index is 0.271. The topological polar surface area (TPSA) is 0 Å². The molecule has 0 N–H and O–H groups in total. The van der Waals surface area contributed by atoms with Crippen LogP contribution in [0, 0.1) is 11.8 Å². The Hall–Kier alpha value is -1.08. The molecule has 0 radical (unpaired) electrons. The van der Waals surface area contributed by atoms with Crippen molar-refractivity contribution in [2.24, 2.45) is 11.8 Å². The number of hydrogen-bond acceptors (Lipinski definition) is 0. The molecule has 0 aliphatic heterocycles. The minimum atomic E-state index is 0.271. The second kappa shape index (κ2) is 6.81. The lowest BCUT2D eigenvalue weighted by Crippen LogP contribution is -2.33. The number of rotatable bonds is 3. The zero-order valence-electron chi connectivity index (χ0n) is 14.4. The fourth-order valence-electron chi connectivity index (χ4n) is 4.22. The average Bonchev–Trinajstić information content (AvgIpc) is 2.54. The van der Waals surface area contributed by atoms with Crippen molar-refractivity contribution in [2.75, 3.05) is 0 Å². The van der Waals surface area contributed by atoms with Gasteiger partial charge in [0.05, 0.1) is 0 Å². The molecule has 0 saturated heterocycles. The molecule has 2 aromatic rings. The Morgan fingerprint density at radius 1 is 1.00 bits per heavy atom. The van der Waals surface area contributed by atoms with E-state index in [0.717, 1.165) is 11.8 Å². The van der Waals surface area contributed by atoms with Crippen LogP contribution in [0.15, 0.2) is 54.6 Å². The van der Waals surface area contributed by atoms with Crippen molar-refractivity contribution >= 4 is 15.9 Å². The highest BCUT2D eigenvalue weighted by atomic mass is 79.9. The molecule has 0 heterocycles. The van der Waals surface area contributed by atoms with Crippen LogP contribution >= 0.6 is 15.9 Å². The van der Waals surface area contributed by atoms with Gasteiger partial charge in [0.15, 0.2) is 0 Å². The molecule has 1 aliphatic carbocycles. The highest BCUT2D eigenvalue weighted by molar-refractivity contribution is 9.10. The summed E-state index contributed by atoms with van der Waals surface area (Å²) in [4.78, 5) is 0. The van der Waals surface area contributed by atoms with Gasteiger partial charge in [-0.05, 0) is 60.6 Å². The van der Waals surface area contributed by atoms with E-state index in [4.69, 9.17) is 0 Å². The molecule has 3 atom stereocenters. The maximum Gasteiger partial charge on any atom is 0.0235 e. The summed E-state index contributed by atoms with van der Waals surface area (Å²) < 4.78 is 0.271. The van der Waals surface area contributed by atoms with Gasteiger partial charge >= 0.3 is 0 Å². The largest absolute Gasteiger partial charge is 0.0856 e. The second-order valence-electron chi connectivity index (χ2n) is 7.62. The molecular weight excluding hydrogens is 344 g/mol. The summed E-state index contributed by atoms with van der Waals surface area (Å²) in [6, 6.07) is 19.9. The second-order valence-corrected chi connectivity index (χ2v) is 9.54. The summed E-state index contributed by atoms with van der Waals surface area (Å²) in [6.45, 7) is 7.14. The summed E-state index contributed by atoms with van der Waals surface area (Å²) in [6.07, 6.45) is 3.81. The van der Waals surface area contributed by atoms with Gasteiger partial charge in [-0.2, -0.15) is 0 Å². The van der Waals surface area contributed by atoms with Crippen molar-refractivity contribution in [3.8, 4) is 11.1 Å². The standard InChI is InChI=1S/C22H27Br/c1-16(2)18-13-14-22(3,23)15-21(18)20-12-8-7-11-19(20)17-9-5-4-6-10-17/h4-12,16,18,21H,13-15H2,1-3H3. The Kier molecular flexibility index (Phi) is 4.96. The zero-order valence-corrected chi connectivity index (χ0v) is 16.0. The smallest absolute Gasteiger partial charge is 0.0235 e. The van der Waals surface area contributed by atoms with Crippen LogP contribution in [-0.2, 0) is 0 Å². The molecule has 2 aromatic carbocycles. The van der Waals surface area contributed by atoms with Crippen molar-refractivity contribution in [1.29, 1.82) is 0 Å². The molecule has 3 unspecified atom stereocenters. The molecule has 0 nitrogen and oxygen atoms in total. The van der Waals surface area contributed by atoms with E-state index in [9.17, 15) is 0 Å². The normalized spacial score (nSPS) is 28.0. The highest BCUT2D eigenvalue weighted by Crippen LogP contribution is 2.50. The fraction of sp³-hybridized carbons (Fsp3) is 0.455. The first-order valence-electron chi connectivity index (χ1n) is 8.81. The van der Waals surface area contributed by atoms with E-state index in [1.54, 1.807) is 0 Å². The Labute approximate surface area is 149 Å². The number of halogens is 1. The van der Waals surface area contributed by atoms with E-state index in [2.05, 4.69) is 91.3 Å². The van der Waals surface area contributed by atoms with E-state index in [1.807, 2.05) is 0 Å². The summed E-state index contributed by atoms with van der Waals surface area (Å²) in [5.41, 5.74) is 4.28. The van der Waals surface area contributed by atoms with E-state index in [-0.39, 0.29) is 4.32 Å². The predicted molar refractivity (Wildman–Crippen MR) is 104 cm³/mol. The molecular formula is C22H27Br. The molecule has 1 saturated carbocycles. The van der Waals surface area contributed by atoms with Gasteiger partial charge in [-0.15, -0.1) is 0 Å². The molecule has 0 amide bonds. The Bertz CT molecular complexity index is 642. The third-order valence-corrected chi connectivity index (χ3v) is 6.18. The third-order valence-electron chi connectivity index (χ3n) is 5.46. The van der Waals surface area contributed by atoms with Crippen LogP contribution in [0.1, 0.15) is 51.5 Å². The lowest BCUT2D eigenvalue weighted by molar-refractivity contribution is 0.216. The summed E-state index contributed by atoms with van der Waals surface area (Å²) in [7, 11) is 0. The van der Waals surface area contributed by atoms with Gasteiger partial charge in [-0.25, -0.2) is 0 Å². The van der Waals surface area contributed by atoms with E-state index in [0.29, 0.717) is 5.92 Å². The maximum atomic E-state index is 3.99. The van der Waals surface area contributed by atoms with Crippen LogP contribution in [0.3, 0.4) is 0 Å². The Morgan fingerprint density at radius 3 is 2.35 bits per heavy atom. The maximum absolute atomic E-state index is 3.99. The first-order chi connectivity index (χ1) is 11.0. The third kappa shape index (κ3) is 3.71. The van der Waals surface area contributed by atoms with Crippen LogP contribution in [0.2, 0.25) is 0 Å². The van der Waals surface area contributed by atoms with E-state index < -0.39 is 0 Å². The summed E-state index contributed by atoms with van der Waals surface area (Å²) in [5.74, 6) is 2.13. The highest BCUT2D eigenvalue weighted by Gasteiger charge is 2.38. The van der Waals surface area contributed by atoms with Crippen LogP contribution in [-0.4, -0.2) is 4.32 Å². The molecule has 0 aromatic heterocycles. The lowest BCUT2D eigenvalue weighted by Gasteiger charge is -2.42. The summed E-state index contributed by atoms with van der Waals surface area (Å²) in [5, 5.41) is 0. The molecule has 1 heteroatoms. The van der Waals surface area contributed by atoms with Gasteiger partial charge < -0.3 is 0 Å². The van der Waals surface area contributed by atoms with Gasteiger partial charge in [0, 0.05) is 4.32 Å². The van der Waals surface area contributed by atoms with Gasteiger partial charge in [-0.3, -0.25) is 0 Å². The Balaban J connectivity index is 2.05. The molecule has 0 bridgehead atoms. The molecule has 23 heavy (non-hydrogen) atoms. The molecule has 3 rings (SSSR count). The molecule has 0 spiro atoms. The minimum Gasteiger partial charge on any atom is -0.0856 e. The summed E-state index contributed by atoms with van der Waals surface area (Å²) >= 11 is 3.99. The van der Waals surface area contributed by atoms with Crippen molar-refractivity contribution in [3.63, 3.8) is 0 Å². The van der Waals surface area contributed by atoms with Crippen LogP contribution in [0.25, 0.3) is 11.1 Å². The number of benzene rings is 2. The van der Waals surface area contributed by atoms with Crippen molar-refractivity contribution < 1.29 is 0 Å². The first-order valence-corrected chi connectivity index (χ1v) is 9.60. The lowest BCUT2D eigenvalue weighted by atomic mass is 9.66. The average molecular weight is 371 g/mol. The quantitative estimate of drug-likeness (QED) is 0.507. The van der Waals surface area contributed by atoms with E-state index >= 15 is 0 Å². The predicted octanol–water partition coefficient (Wildman–Crippen LogP) is 7.05. The number of hydrogen-bond donors (Lipinski definition) is 0. The molecule has 1 aliphatic rings. The fourth-order valence-corrected chi connectivity index (χ4v) is 4.80. The van der Waals surface area contributed by atoms with Crippen molar-refractivity contribution in [3.05, 3.63) is 60.2 Å². The van der Waals surface area contributed by atoms with Crippen LogP contribution in [0.4, 0.5) is 0 Å². The SMILES string of the molecule is CC(C)C1CCC(C)(Br)CC1c1ccccc1-c1ccccc1. The van der Waals surface area contributed by atoms with Crippen molar-refractivity contribution in [2.45, 2.75) is 50.3 Å². The molecule has 122 valence electrons. The number of alkyl halides is 1. The monoisotopic (exact) mass is 370 g/mol. The Morgan fingerprint density at radius 2 is 1.65 bits per heavy atom.